The molecule has 6 nitrogen and oxygen atoms in total. The van der Waals surface area contributed by atoms with Gasteiger partial charge in [-0.25, -0.2) is 0 Å². The van der Waals surface area contributed by atoms with Crippen molar-refractivity contribution >= 4 is 23.5 Å². The zero-order chi connectivity index (χ0) is 14.6. The summed E-state index contributed by atoms with van der Waals surface area (Å²) in [5.74, 6) is -3.07. The number of hydrogen-bond donors (Lipinski definition) is 0. The maximum Gasteiger partial charge on any atom is 2.00 e. The number of hydrogen-bond acceptors (Lipinski definition) is 6. The first-order valence-corrected chi connectivity index (χ1v) is 5.76. The molecule has 0 spiro atoms. The standard InChI is InChI=1S/2C6H10O3.Au/c2*1-2-3-5(7)4-6(8)9;/h2*2-4H2,1H3,(H,8,9);/q;;+2/p-2. The second kappa shape index (κ2) is 15.1. The van der Waals surface area contributed by atoms with E-state index in [2.05, 4.69) is 0 Å². The van der Waals surface area contributed by atoms with E-state index in [1.807, 2.05) is 13.8 Å². The molecule has 1 radical (unpaired) electrons. The number of rotatable bonds is 8. The third-order valence-electron chi connectivity index (χ3n) is 1.74. The SMILES string of the molecule is CCCC(=O)CC(=O)[O-].CCCC(=O)CC(=O)[O-].[Au+2]. The monoisotopic (exact) mass is 455 g/mol. The average Bonchev–Trinajstić information content (AvgIpc) is 2.16. The molecular formula is C12H18AuO6. The summed E-state index contributed by atoms with van der Waals surface area (Å²) < 4.78 is 0. The van der Waals surface area contributed by atoms with Gasteiger partial charge in [0.1, 0.15) is 11.6 Å². The molecule has 7 heteroatoms. The molecule has 0 aromatic rings. The van der Waals surface area contributed by atoms with Crippen molar-refractivity contribution in [3.05, 3.63) is 0 Å². The van der Waals surface area contributed by atoms with Gasteiger partial charge in [-0.2, -0.15) is 0 Å². The Hall–Kier alpha value is -0.980. The van der Waals surface area contributed by atoms with Crippen molar-refractivity contribution in [2.24, 2.45) is 0 Å². The van der Waals surface area contributed by atoms with Crippen LogP contribution in [0.3, 0.4) is 0 Å². The molecule has 0 aromatic heterocycles. The normalized spacial score (nSPS) is 8.53. The molecular weight excluding hydrogens is 437 g/mol. The maximum atomic E-state index is 10.4. The Morgan fingerprint density at radius 1 is 0.737 bits per heavy atom. The van der Waals surface area contributed by atoms with E-state index in [1.54, 1.807) is 0 Å². The number of Topliss-reactive ketones (excluding diaryl/α,β-unsaturated/α-hetero) is 2. The van der Waals surface area contributed by atoms with E-state index >= 15 is 0 Å². The smallest absolute Gasteiger partial charge is 0.550 e. The molecule has 0 bridgehead atoms. The predicted octanol–water partition coefficient (Wildman–Crippen LogP) is -1.01. The van der Waals surface area contributed by atoms with Crippen LogP contribution in [-0.4, -0.2) is 23.5 Å². The minimum atomic E-state index is -1.28. The number of aliphatic carboxylic acids is 2. The molecule has 113 valence electrons. The number of ketones is 2. The number of carbonyl (C=O) groups is 4. The number of carbonyl (C=O) groups excluding carboxylic acids is 4. The van der Waals surface area contributed by atoms with Gasteiger partial charge in [0.2, 0.25) is 0 Å². The van der Waals surface area contributed by atoms with Crippen LogP contribution in [0.1, 0.15) is 52.4 Å². The molecule has 0 saturated carbocycles. The van der Waals surface area contributed by atoms with E-state index < -0.39 is 24.8 Å². The Kier molecular flexibility index (Phi) is 18.4. The molecule has 0 aliphatic carbocycles. The van der Waals surface area contributed by atoms with Crippen LogP contribution in [0, 0.1) is 0 Å². The summed E-state index contributed by atoms with van der Waals surface area (Å²) in [4.78, 5) is 40.4. The van der Waals surface area contributed by atoms with Crippen LogP contribution < -0.4 is 10.2 Å². The third-order valence-corrected chi connectivity index (χ3v) is 1.74. The Labute approximate surface area is 128 Å². The van der Waals surface area contributed by atoms with Crippen molar-refractivity contribution < 1.29 is 51.8 Å². The van der Waals surface area contributed by atoms with Crippen LogP contribution in [-0.2, 0) is 41.6 Å². The van der Waals surface area contributed by atoms with Gasteiger partial charge >= 0.3 is 22.4 Å². The van der Waals surface area contributed by atoms with Crippen LogP contribution in [0.2, 0.25) is 0 Å². The van der Waals surface area contributed by atoms with E-state index in [1.165, 1.54) is 0 Å². The fourth-order valence-corrected chi connectivity index (χ4v) is 1.06. The Morgan fingerprint density at radius 3 is 1.16 bits per heavy atom. The Bertz CT molecular complexity index is 271. The molecule has 0 aliphatic heterocycles. The molecule has 0 fully saturated rings. The van der Waals surface area contributed by atoms with E-state index in [4.69, 9.17) is 0 Å². The zero-order valence-corrected chi connectivity index (χ0v) is 13.2. The largest absolute Gasteiger partial charge is 2.00 e. The van der Waals surface area contributed by atoms with E-state index in [-0.39, 0.29) is 33.9 Å². The van der Waals surface area contributed by atoms with Gasteiger partial charge in [0, 0.05) is 37.6 Å². The van der Waals surface area contributed by atoms with Crippen LogP contribution in [0.25, 0.3) is 0 Å². The molecule has 0 unspecified atom stereocenters. The topological polar surface area (TPSA) is 114 Å². The average molecular weight is 455 g/mol. The van der Waals surface area contributed by atoms with Gasteiger partial charge in [-0.3, -0.25) is 9.59 Å². The van der Waals surface area contributed by atoms with Crippen molar-refractivity contribution in [1.82, 2.24) is 0 Å². The second-order valence-corrected chi connectivity index (χ2v) is 3.67. The van der Waals surface area contributed by atoms with Gasteiger partial charge < -0.3 is 19.8 Å². The van der Waals surface area contributed by atoms with Crippen LogP contribution in [0.15, 0.2) is 0 Å². The molecule has 0 rings (SSSR count). The molecule has 0 aromatic carbocycles. The van der Waals surface area contributed by atoms with Crippen LogP contribution in [0.4, 0.5) is 0 Å². The second-order valence-electron chi connectivity index (χ2n) is 3.67. The van der Waals surface area contributed by atoms with E-state index in [9.17, 15) is 29.4 Å². The van der Waals surface area contributed by atoms with Gasteiger partial charge in [-0.1, -0.05) is 13.8 Å². The maximum absolute atomic E-state index is 10.4. The first-order valence-electron chi connectivity index (χ1n) is 5.76. The summed E-state index contributed by atoms with van der Waals surface area (Å²) in [7, 11) is 0. The molecule has 0 saturated heterocycles. The fraction of sp³-hybridized carbons (Fsp3) is 0.667. The fourth-order valence-electron chi connectivity index (χ4n) is 1.06. The van der Waals surface area contributed by atoms with E-state index in [0.29, 0.717) is 25.7 Å². The van der Waals surface area contributed by atoms with Gasteiger partial charge in [0.15, 0.2) is 0 Å². The summed E-state index contributed by atoms with van der Waals surface area (Å²) in [5.41, 5.74) is 0. The van der Waals surface area contributed by atoms with Gasteiger partial charge in [-0.05, 0) is 12.8 Å². The first kappa shape index (κ1) is 23.1. The molecule has 0 aliphatic rings. The third kappa shape index (κ3) is 22.7. The van der Waals surface area contributed by atoms with Crippen molar-refractivity contribution in [3.63, 3.8) is 0 Å². The molecule has 0 amide bonds. The van der Waals surface area contributed by atoms with Gasteiger partial charge in [-0.15, -0.1) is 0 Å². The minimum Gasteiger partial charge on any atom is -0.550 e. The zero-order valence-electron chi connectivity index (χ0n) is 11.0. The van der Waals surface area contributed by atoms with Crippen molar-refractivity contribution in [3.8, 4) is 0 Å². The molecule has 0 N–H and O–H groups in total. The predicted molar refractivity (Wildman–Crippen MR) is 59.1 cm³/mol. The number of carboxylic acids is 2. The van der Waals surface area contributed by atoms with Crippen molar-refractivity contribution in [2.45, 2.75) is 52.4 Å². The molecule has 0 heterocycles. The van der Waals surface area contributed by atoms with Crippen LogP contribution in [0.5, 0.6) is 0 Å². The summed E-state index contributed by atoms with van der Waals surface area (Å²) in [6.07, 6.45) is 1.21. The quantitative estimate of drug-likeness (QED) is 0.342. The summed E-state index contributed by atoms with van der Waals surface area (Å²) in [5, 5.41) is 19.5. The summed E-state index contributed by atoms with van der Waals surface area (Å²) in [6, 6.07) is 0. The summed E-state index contributed by atoms with van der Waals surface area (Å²) in [6.45, 7) is 3.65. The molecule has 19 heavy (non-hydrogen) atoms. The van der Waals surface area contributed by atoms with Gasteiger partial charge in [0.05, 0.1) is 0 Å². The minimum absolute atomic E-state index is 0. The Morgan fingerprint density at radius 2 is 1.00 bits per heavy atom. The molecule has 0 atom stereocenters. The number of carboxylic acid groups (broad SMARTS) is 2. The first-order chi connectivity index (χ1) is 8.33. The van der Waals surface area contributed by atoms with E-state index in [0.717, 1.165) is 0 Å². The summed E-state index contributed by atoms with van der Waals surface area (Å²) >= 11 is 0. The van der Waals surface area contributed by atoms with Crippen molar-refractivity contribution in [1.29, 1.82) is 0 Å². The van der Waals surface area contributed by atoms with Crippen molar-refractivity contribution in [2.75, 3.05) is 0 Å². The Balaban J connectivity index is -0.000000256. The van der Waals surface area contributed by atoms with Crippen LogP contribution >= 0.6 is 0 Å². The van der Waals surface area contributed by atoms with Gasteiger partial charge in [0.25, 0.3) is 0 Å².